The Hall–Kier alpha value is -4.24. The Morgan fingerprint density at radius 2 is 1.78 bits per heavy atom. The number of nitrogens with two attached hydrogens (primary N) is 2. The summed E-state index contributed by atoms with van der Waals surface area (Å²) >= 11 is 0. The van der Waals surface area contributed by atoms with Gasteiger partial charge in [-0.2, -0.15) is 0 Å². The Balaban J connectivity index is 0.000000423. The third kappa shape index (κ3) is 12.7. The van der Waals surface area contributed by atoms with Crippen molar-refractivity contribution in [3.63, 3.8) is 0 Å². The lowest BCUT2D eigenvalue weighted by Gasteiger charge is -2.20. The largest absolute Gasteiger partial charge is 0.494 e. The number of carbonyl (C=O) groups is 1. The van der Waals surface area contributed by atoms with Crippen LogP contribution in [0, 0.1) is 32.5 Å². The molecule has 6 N–H and O–H groups in total. The number of hydrogen-bond acceptors (Lipinski definition) is 7. The second-order valence-electron chi connectivity index (χ2n) is 10.5. The van der Waals surface area contributed by atoms with E-state index in [1.54, 1.807) is 25.5 Å². The van der Waals surface area contributed by atoms with Gasteiger partial charge in [0.15, 0.2) is 0 Å². The number of aromatic nitrogens is 1. The quantitative estimate of drug-likeness (QED) is 0.0769. The predicted octanol–water partition coefficient (Wildman–Crippen LogP) is 7.33. The number of methoxy groups -OCH3 is 1. The molecule has 1 fully saturated rings. The molecule has 1 amide bonds. The zero-order chi connectivity index (χ0) is 33.8. The number of nitrogens with one attached hydrogen (secondary N) is 2. The van der Waals surface area contributed by atoms with Gasteiger partial charge in [-0.15, -0.1) is 0 Å². The number of hydrazine groups is 1. The number of aryl methyl sites for hydroxylation is 3. The summed E-state index contributed by atoms with van der Waals surface area (Å²) in [6.45, 7) is 14.9. The molecule has 4 rings (SSSR count). The molecule has 2 aromatic carbocycles. The number of rotatable bonds is 11. The number of pyridine rings is 1. The van der Waals surface area contributed by atoms with Crippen LogP contribution in [0.4, 0.5) is 10.1 Å². The van der Waals surface area contributed by atoms with Crippen molar-refractivity contribution in [2.24, 2.45) is 22.5 Å². The van der Waals surface area contributed by atoms with Crippen molar-refractivity contribution in [3.8, 4) is 17.0 Å². The van der Waals surface area contributed by atoms with Gasteiger partial charge in [0.1, 0.15) is 17.3 Å². The van der Waals surface area contributed by atoms with E-state index in [2.05, 4.69) is 48.6 Å². The van der Waals surface area contributed by atoms with Crippen LogP contribution in [0.15, 0.2) is 59.9 Å². The summed E-state index contributed by atoms with van der Waals surface area (Å²) in [4.78, 5) is 20.0. The Morgan fingerprint density at radius 1 is 1.11 bits per heavy atom. The fourth-order valence-electron chi connectivity index (χ4n) is 4.94. The number of ether oxygens (including phenoxy) is 1. The first kappa shape index (κ1) is 38.8. The van der Waals surface area contributed by atoms with Gasteiger partial charge in [-0.05, 0) is 112 Å². The van der Waals surface area contributed by atoms with E-state index in [0.29, 0.717) is 12.5 Å². The normalized spacial score (nSPS) is 12.6. The molecule has 0 spiro atoms. The molecular weight excluding hydrogens is 567 g/mol. The van der Waals surface area contributed by atoms with Crippen LogP contribution in [0.2, 0.25) is 0 Å². The molecule has 1 atom stereocenters. The summed E-state index contributed by atoms with van der Waals surface area (Å²) in [6.07, 6.45) is 9.65. The van der Waals surface area contributed by atoms with Gasteiger partial charge < -0.3 is 21.2 Å². The average molecular weight is 621 g/mol. The van der Waals surface area contributed by atoms with Gasteiger partial charge in [0.2, 0.25) is 6.41 Å². The number of halogens is 1. The fourth-order valence-corrected chi connectivity index (χ4v) is 4.94. The van der Waals surface area contributed by atoms with E-state index in [1.807, 2.05) is 33.8 Å². The molecule has 0 saturated heterocycles. The van der Waals surface area contributed by atoms with Crippen LogP contribution < -0.4 is 27.1 Å². The lowest BCUT2D eigenvalue weighted by molar-refractivity contribution is -0.109. The van der Waals surface area contributed by atoms with Crippen molar-refractivity contribution in [1.29, 1.82) is 0 Å². The van der Waals surface area contributed by atoms with E-state index in [-0.39, 0.29) is 11.7 Å². The summed E-state index contributed by atoms with van der Waals surface area (Å²) in [7, 11) is 1.67. The molecule has 3 aromatic rings. The van der Waals surface area contributed by atoms with Crippen molar-refractivity contribution >= 4 is 18.3 Å². The molecule has 0 aliphatic heterocycles. The summed E-state index contributed by atoms with van der Waals surface area (Å²) < 4.78 is 18.6. The molecule has 1 saturated carbocycles. The van der Waals surface area contributed by atoms with E-state index in [1.165, 1.54) is 54.1 Å². The molecule has 0 radical (unpaired) electrons. The SMILES string of the molecule is CC.CC=Nc1c(C)cc(C)cc1OC.CCCc1c(C)cc(C(CNC=O)C2CC2)nc1-c1ccc(F)cc1.N/C=C\NN. The second-order valence-corrected chi connectivity index (χ2v) is 10.5. The molecule has 1 aliphatic carbocycles. The average Bonchev–Trinajstić information content (AvgIpc) is 3.88. The van der Waals surface area contributed by atoms with E-state index in [4.69, 9.17) is 21.3 Å². The minimum atomic E-state index is -0.236. The van der Waals surface area contributed by atoms with E-state index >= 15 is 0 Å². The molecule has 1 unspecified atom stereocenters. The topological polar surface area (TPSA) is 128 Å². The molecule has 1 aliphatic rings. The van der Waals surface area contributed by atoms with Crippen LogP contribution in [-0.4, -0.2) is 31.3 Å². The van der Waals surface area contributed by atoms with Crippen LogP contribution in [0.25, 0.3) is 11.3 Å². The predicted molar refractivity (Wildman–Crippen MR) is 186 cm³/mol. The first-order chi connectivity index (χ1) is 21.7. The Bertz CT molecular complexity index is 1350. The fraction of sp³-hybridized carbons (Fsp3) is 0.417. The van der Waals surface area contributed by atoms with Crippen LogP contribution >= 0.6 is 0 Å². The van der Waals surface area contributed by atoms with Crippen LogP contribution in [0.3, 0.4) is 0 Å². The number of amides is 1. The highest BCUT2D eigenvalue weighted by atomic mass is 19.1. The summed E-state index contributed by atoms with van der Waals surface area (Å²) in [5, 5.41) is 2.82. The van der Waals surface area contributed by atoms with E-state index < -0.39 is 0 Å². The van der Waals surface area contributed by atoms with E-state index in [9.17, 15) is 9.18 Å². The highest BCUT2D eigenvalue weighted by Gasteiger charge is 2.33. The maximum absolute atomic E-state index is 13.3. The number of aliphatic imine (C=N–C) groups is 1. The molecule has 1 heterocycles. The maximum Gasteiger partial charge on any atom is 0.207 e. The molecule has 9 heteroatoms. The summed E-state index contributed by atoms with van der Waals surface area (Å²) in [5.41, 5.74) is 15.7. The summed E-state index contributed by atoms with van der Waals surface area (Å²) in [5.74, 6) is 6.17. The smallest absolute Gasteiger partial charge is 0.207 e. The molecule has 0 bridgehead atoms. The van der Waals surface area contributed by atoms with Gasteiger partial charge in [0.25, 0.3) is 0 Å². The third-order valence-corrected chi connectivity index (χ3v) is 7.06. The van der Waals surface area contributed by atoms with Gasteiger partial charge in [-0.3, -0.25) is 20.6 Å². The number of carbonyl (C=O) groups excluding carboxylic acids is 1. The Labute approximate surface area is 269 Å². The first-order valence-corrected chi connectivity index (χ1v) is 15.6. The van der Waals surface area contributed by atoms with Gasteiger partial charge in [0, 0.05) is 42.3 Å². The van der Waals surface area contributed by atoms with Gasteiger partial charge in [-0.25, -0.2) is 4.39 Å². The van der Waals surface area contributed by atoms with Gasteiger partial charge in [0.05, 0.1) is 12.8 Å². The monoisotopic (exact) mass is 620 g/mol. The number of benzene rings is 2. The molecule has 45 heavy (non-hydrogen) atoms. The van der Waals surface area contributed by atoms with Crippen LogP contribution in [0.5, 0.6) is 5.75 Å². The van der Waals surface area contributed by atoms with Gasteiger partial charge in [-0.1, -0.05) is 33.3 Å². The molecule has 8 nitrogen and oxygen atoms in total. The standard InChI is InChI=1S/C21H25FN2O.C11H15NO.C2H7N3.C2H6/c1-3-4-18-14(2)11-20(19(12-23-13-25)15-5-6-15)24-21(18)16-7-9-17(22)10-8-16;1-5-12-11-9(3)6-8(2)7-10(11)13-4;3-1-2-5-4;1-2/h7-11,13,15,19H,3-6,12H2,1-2H3,(H,23,25);5-7H,1-4H3;1-2,5H,3-4H2;1-2H3/b;;2-1-;. The number of hydrogen-bond donors (Lipinski definition) is 4. The van der Waals surface area contributed by atoms with Crippen molar-refractivity contribution in [2.75, 3.05) is 13.7 Å². The summed E-state index contributed by atoms with van der Waals surface area (Å²) in [6, 6.07) is 12.8. The molecule has 246 valence electrons. The van der Waals surface area contributed by atoms with Crippen molar-refractivity contribution in [2.45, 2.75) is 80.1 Å². The highest BCUT2D eigenvalue weighted by Crippen LogP contribution is 2.43. The lowest BCUT2D eigenvalue weighted by atomic mass is 9.92. The highest BCUT2D eigenvalue weighted by molar-refractivity contribution is 5.68. The minimum Gasteiger partial charge on any atom is -0.494 e. The Morgan fingerprint density at radius 3 is 2.27 bits per heavy atom. The van der Waals surface area contributed by atoms with Crippen molar-refractivity contribution < 1.29 is 13.9 Å². The molecular formula is C36H53FN6O2. The van der Waals surface area contributed by atoms with Crippen molar-refractivity contribution in [3.05, 3.63) is 88.6 Å². The van der Waals surface area contributed by atoms with E-state index in [0.717, 1.165) is 53.2 Å². The molecule has 1 aromatic heterocycles. The van der Waals surface area contributed by atoms with Crippen LogP contribution in [0.1, 0.15) is 80.8 Å². The minimum absolute atomic E-state index is 0.236. The second kappa shape index (κ2) is 21.5. The maximum atomic E-state index is 13.3. The van der Waals surface area contributed by atoms with Crippen molar-refractivity contribution in [1.82, 2.24) is 15.7 Å². The first-order valence-electron chi connectivity index (χ1n) is 15.6. The number of nitrogens with zero attached hydrogens (tertiary/aromatic N) is 2. The van der Waals surface area contributed by atoms with Gasteiger partial charge >= 0.3 is 0 Å². The lowest BCUT2D eigenvalue weighted by Crippen LogP contribution is -2.22. The van der Waals surface area contributed by atoms with Crippen LogP contribution in [-0.2, 0) is 11.2 Å². The third-order valence-electron chi connectivity index (χ3n) is 7.06. The zero-order valence-electron chi connectivity index (χ0n) is 28.3. The zero-order valence-corrected chi connectivity index (χ0v) is 28.3. The Kier molecular flexibility index (Phi) is 18.5.